The highest BCUT2D eigenvalue weighted by molar-refractivity contribution is 9.10. The minimum absolute atomic E-state index is 0.394. The fourth-order valence-corrected chi connectivity index (χ4v) is 3.31. The normalized spacial score (nSPS) is 18.3. The van der Waals surface area contributed by atoms with Crippen molar-refractivity contribution >= 4 is 21.6 Å². The van der Waals surface area contributed by atoms with Crippen LogP contribution in [-0.4, -0.2) is 44.7 Å². The summed E-state index contributed by atoms with van der Waals surface area (Å²) in [5.74, 6) is 0. The maximum absolute atomic E-state index is 3.74. The summed E-state index contributed by atoms with van der Waals surface area (Å²) in [7, 11) is 2.19. The number of anilines is 1. The molecule has 20 heavy (non-hydrogen) atoms. The molecule has 1 heterocycles. The molecule has 112 valence electrons. The molecular weight excluding hydrogens is 314 g/mol. The molecule has 1 saturated heterocycles. The topological polar surface area (TPSA) is 18.5 Å². The Labute approximate surface area is 131 Å². The van der Waals surface area contributed by atoms with Gasteiger partial charge in [0.2, 0.25) is 0 Å². The summed E-state index contributed by atoms with van der Waals surface area (Å²) in [5, 5.41) is 3.54. The highest BCUT2D eigenvalue weighted by atomic mass is 79.9. The summed E-state index contributed by atoms with van der Waals surface area (Å²) in [6.07, 6.45) is 1.17. The van der Waals surface area contributed by atoms with E-state index in [1.807, 2.05) is 0 Å². The summed E-state index contributed by atoms with van der Waals surface area (Å²) in [6, 6.07) is 7.18. The minimum Gasteiger partial charge on any atom is -0.369 e. The molecule has 0 amide bonds. The van der Waals surface area contributed by atoms with E-state index in [2.05, 4.69) is 70.1 Å². The predicted molar refractivity (Wildman–Crippen MR) is 90.6 cm³/mol. The number of halogens is 1. The molecule has 1 unspecified atom stereocenters. The first-order valence-electron chi connectivity index (χ1n) is 7.58. The first-order chi connectivity index (χ1) is 9.61. The Morgan fingerprint density at radius 3 is 2.55 bits per heavy atom. The zero-order valence-electron chi connectivity index (χ0n) is 12.8. The van der Waals surface area contributed by atoms with Crippen molar-refractivity contribution < 1.29 is 0 Å². The van der Waals surface area contributed by atoms with Crippen LogP contribution in [0, 0.1) is 0 Å². The van der Waals surface area contributed by atoms with Crippen LogP contribution in [0.4, 0.5) is 5.69 Å². The van der Waals surface area contributed by atoms with Crippen molar-refractivity contribution in [1.82, 2.24) is 10.2 Å². The SMILES string of the molecule is CCCNC(C)c1ccc(N2CCN(C)CC2)cc1Br. The second-order valence-corrected chi connectivity index (χ2v) is 6.53. The summed E-state index contributed by atoms with van der Waals surface area (Å²) < 4.78 is 1.21. The predicted octanol–water partition coefficient (Wildman–Crippen LogP) is 3.26. The van der Waals surface area contributed by atoms with Gasteiger partial charge in [-0.2, -0.15) is 0 Å². The van der Waals surface area contributed by atoms with Gasteiger partial charge < -0.3 is 15.1 Å². The third-order valence-corrected chi connectivity index (χ3v) is 4.71. The first kappa shape index (κ1) is 15.8. The molecule has 1 atom stereocenters. The van der Waals surface area contributed by atoms with Crippen LogP contribution in [0.2, 0.25) is 0 Å². The molecule has 2 rings (SSSR count). The van der Waals surface area contributed by atoms with Crippen LogP contribution in [0.3, 0.4) is 0 Å². The van der Waals surface area contributed by atoms with Gasteiger partial charge in [0.15, 0.2) is 0 Å². The summed E-state index contributed by atoms with van der Waals surface area (Å²) in [6.45, 7) is 10.0. The van der Waals surface area contributed by atoms with Gasteiger partial charge in [-0.05, 0) is 44.6 Å². The van der Waals surface area contributed by atoms with Crippen LogP contribution in [0.5, 0.6) is 0 Å². The fraction of sp³-hybridized carbons (Fsp3) is 0.625. The molecule has 4 heteroatoms. The molecule has 1 aliphatic rings. The number of piperazine rings is 1. The second-order valence-electron chi connectivity index (χ2n) is 5.67. The Hall–Kier alpha value is -0.580. The van der Waals surface area contributed by atoms with Gasteiger partial charge in [0, 0.05) is 42.4 Å². The van der Waals surface area contributed by atoms with E-state index in [9.17, 15) is 0 Å². The summed E-state index contributed by atoms with van der Waals surface area (Å²) >= 11 is 3.74. The lowest BCUT2D eigenvalue weighted by molar-refractivity contribution is 0.313. The van der Waals surface area contributed by atoms with Gasteiger partial charge in [-0.15, -0.1) is 0 Å². The Morgan fingerprint density at radius 1 is 1.25 bits per heavy atom. The molecule has 0 bridgehead atoms. The van der Waals surface area contributed by atoms with E-state index in [-0.39, 0.29) is 0 Å². The maximum Gasteiger partial charge on any atom is 0.0378 e. The van der Waals surface area contributed by atoms with Crippen molar-refractivity contribution in [3.05, 3.63) is 28.2 Å². The van der Waals surface area contributed by atoms with E-state index in [4.69, 9.17) is 0 Å². The Balaban J connectivity index is 2.05. The van der Waals surface area contributed by atoms with Crippen molar-refractivity contribution in [2.24, 2.45) is 0 Å². The number of nitrogens with zero attached hydrogens (tertiary/aromatic N) is 2. The molecular formula is C16H26BrN3. The average Bonchev–Trinajstić information content (AvgIpc) is 2.45. The number of hydrogen-bond donors (Lipinski definition) is 1. The van der Waals surface area contributed by atoms with E-state index in [0.29, 0.717) is 6.04 Å². The van der Waals surface area contributed by atoms with Gasteiger partial charge in [-0.1, -0.05) is 28.9 Å². The molecule has 0 spiro atoms. The lowest BCUT2D eigenvalue weighted by atomic mass is 10.1. The van der Waals surface area contributed by atoms with E-state index < -0.39 is 0 Å². The molecule has 1 N–H and O–H groups in total. The number of rotatable bonds is 5. The molecule has 0 aliphatic carbocycles. The third kappa shape index (κ3) is 3.96. The van der Waals surface area contributed by atoms with Gasteiger partial charge in [0.05, 0.1) is 0 Å². The van der Waals surface area contributed by atoms with Crippen molar-refractivity contribution in [3.8, 4) is 0 Å². The molecule has 0 saturated carbocycles. The van der Waals surface area contributed by atoms with Crippen molar-refractivity contribution in [1.29, 1.82) is 0 Å². The number of hydrogen-bond acceptors (Lipinski definition) is 3. The highest BCUT2D eigenvalue weighted by Gasteiger charge is 2.16. The maximum atomic E-state index is 3.74. The van der Waals surface area contributed by atoms with Crippen LogP contribution in [0.15, 0.2) is 22.7 Å². The quantitative estimate of drug-likeness (QED) is 0.888. The smallest absolute Gasteiger partial charge is 0.0378 e. The number of likely N-dealkylation sites (N-methyl/N-ethyl adjacent to an activating group) is 1. The van der Waals surface area contributed by atoms with Gasteiger partial charge >= 0.3 is 0 Å². The zero-order valence-corrected chi connectivity index (χ0v) is 14.4. The van der Waals surface area contributed by atoms with Gasteiger partial charge in [0.1, 0.15) is 0 Å². The standard InChI is InChI=1S/C16H26BrN3/c1-4-7-18-13(2)15-6-5-14(12-16(15)17)20-10-8-19(3)9-11-20/h5-6,12-13,18H,4,7-11H2,1-3H3. The Morgan fingerprint density at radius 2 is 1.95 bits per heavy atom. The van der Waals surface area contributed by atoms with Crippen LogP contribution in [0.25, 0.3) is 0 Å². The van der Waals surface area contributed by atoms with E-state index in [1.165, 1.54) is 22.1 Å². The van der Waals surface area contributed by atoms with E-state index in [1.54, 1.807) is 0 Å². The van der Waals surface area contributed by atoms with Gasteiger partial charge in [-0.25, -0.2) is 0 Å². The molecule has 0 aromatic heterocycles. The molecule has 1 aromatic rings. The Bertz CT molecular complexity index is 428. The third-order valence-electron chi connectivity index (χ3n) is 4.02. The van der Waals surface area contributed by atoms with E-state index in [0.717, 1.165) is 32.7 Å². The van der Waals surface area contributed by atoms with Gasteiger partial charge in [0.25, 0.3) is 0 Å². The highest BCUT2D eigenvalue weighted by Crippen LogP contribution is 2.28. The van der Waals surface area contributed by atoms with Crippen LogP contribution in [-0.2, 0) is 0 Å². The van der Waals surface area contributed by atoms with Crippen LogP contribution in [0.1, 0.15) is 31.9 Å². The van der Waals surface area contributed by atoms with Gasteiger partial charge in [-0.3, -0.25) is 0 Å². The molecule has 1 fully saturated rings. The lowest BCUT2D eigenvalue weighted by Crippen LogP contribution is -2.44. The van der Waals surface area contributed by atoms with Crippen LogP contribution < -0.4 is 10.2 Å². The van der Waals surface area contributed by atoms with Crippen molar-refractivity contribution in [2.75, 3.05) is 44.7 Å². The average molecular weight is 340 g/mol. The lowest BCUT2D eigenvalue weighted by Gasteiger charge is -2.34. The first-order valence-corrected chi connectivity index (χ1v) is 8.37. The monoisotopic (exact) mass is 339 g/mol. The fourth-order valence-electron chi connectivity index (χ4n) is 2.60. The summed E-state index contributed by atoms with van der Waals surface area (Å²) in [5.41, 5.74) is 2.67. The number of nitrogens with one attached hydrogen (secondary N) is 1. The second kappa shape index (κ2) is 7.43. The zero-order chi connectivity index (χ0) is 14.5. The largest absolute Gasteiger partial charge is 0.369 e. The van der Waals surface area contributed by atoms with Crippen molar-refractivity contribution in [2.45, 2.75) is 26.3 Å². The number of benzene rings is 1. The van der Waals surface area contributed by atoms with Crippen molar-refractivity contribution in [3.63, 3.8) is 0 Å². The summed E-state index contributed by atoms with van der Waals surface area (Å²) in [4.78, 5) is 4.86. The van der Waals surface area contributed by atoms with E-state index >= 15 is 0 Å². The van der Waals surface area contributed by atoms with Crippen LogP contribution >= 0.6 is 15.9 Å². The molecule has 1 aliphatic heterocycles. The molecule has 3 nitrogen and oxygen atoms in total. The molecule has 0 radical (unpaired) electrons. The minimum atomic E-state index is 0.394. The molecule has 1 aromatic carbocycles. The Kier molecular flexibility index (Phi) is 5.87.